The van der Waals surface area contributed by atoms with Gasteiger partial charge in [-0.05, 0) is 44.0 Å². The first kappa shape index (κ1) is 14.8. The van der Waals surface area contributed by atoms with Crippen molar-refractivity contribution in [3.05, 3.63) is 53.3 Å². The van der Waals surface area contributed by atoms with Gasteiger partial charge in [0, 0.05) is 12.6 Å². The van der Waals surface area contributed by atoms with E-state index >= 15 is 0 Å². The molecule has 0 amide bonds. The molecular weight excluding hydrogens is 266 g/mol. The van der Waals surface area contributed by atoms with Crippen molar-refractivity contribution in [2.24, 2.45) is 0 Å². The van der Waals surface area contributed by atoms with Gasteiger partial charge >= 0.3 is 6.09 Å². The molecule has 0 fully saturated rings. The predicted molar refractivity (Wildman–Crippen MR) is 77.8 cm³/mol. The number of carbonyl (C=O) groups excluding carboxylic acids is 1. The van der Waals surface area contributed by atoms with E-state index in [4.69, 9.17) is 10.00 Å². The Morgan fingerprint density at radius 2 is 1.95 bits per heavy atom. The Kier molecular flexibility index (Phi) is 4.08. The molecule has 0 bridgehead atoms. The molecule has 0 aliphatic heterocycles. The van der Waals surface area contributed by atoms with E-state index in [1.54, 1.807) is 24.5 Å². The van der Waals surface area contributed by atoms with Crippen LogP contribution < -0.4 is 0 Å². The fourth-order valence-corrected chi connectivity index (χ4v) is 1.79. The lowest BCUT2D eigenvalue weighted by atomic mass is 10.1. The highest BCUT2D eigenvalue weighted by molar-refractivity contribution is 5.69. The highest BCUT2D eigenvalue weighted by atomic mass is 16.6. The Bertz CT molecular complexity index is 673. The summed E-state index contributed by atoms with van der Waals surface area (Å²) in [6.07, 6.45) is 3.46. The summed E-state index contributed by atoms with van der Waals surface area (Å²) in [7, 11) is 0. The number of rotatable bonds is 2. The SMILES string of the molecule is CC(C)(C)OC(=O)n1cc(Cc2ccc(C#N)cc2)cn1. The van der Waals surface area contributed by atoms with Crippen molar-refractivity contribution < 1.29 is 9.53 Å². The van der Waals surface area contributed by atoms with Gasteiger partial charge in [-0.15, -0.1) is 0 Å². The van der Waals surface area contributed by atoms with E-state index in [1.165, 1.54) is 4.68 Å². The van der Waals surface area contributed by atoms with Gasteiger partial charge in [-0.2, -0.15) is 15.0 Å². The molecule has 0 unspecified atom stereocenters. The monoisotopic (exact) mass is 283 g/mol. The van der Waals surface area contributed by atoms with E-state index < -0.39 is 11.7 Å². The van der Waals surface area contributed by atoms with Crippen LogP contribution in [0.3, 0.4) is 0 Å². The van der Waals surface area contributed by atoms with E-state index in [-0.39, 0.29) is 0 Å². The van der Waals surface area contributed by atoms with Crippen LogP contribution in [0.15, 0.2) is 36.7 Å². The Labute approximate surface area is 123 Å². The van der Waals surface area contributed by atoms with E-state index in [9.17, 15) is 4.79 Å². The normalized spacial score (nSPS) is 11.0. The quantitative estimate of drug-likeness (QED) is 0.849. The number of nitrogens with zero attached hydrogens (tertiary/aromatic N) is 3. The minimum absolute atomic E-state index is 0.492. The van der Waals surface area contributed by atoms with Crippen LogP contribution in [0.2, 0.25) is 0 Å². The molecule has 0 spiro atoms. The summed E-state index contributed by atoms with van der Waals surface area (Å²) in [4.78, 5) is 11.9. The maximum Gasteiger partial charge on any atom is 0.435 e. The van der Waals surface area contributed by atoms with Crippen molar-refractivity contribution in [1.29, 1.82) is 5.26 Å². The molecule has 5 heteroatoms. The maximum atomic E-state index is 11.9. The van der Waals surface area contributed by atoms with Crippen molar-refractivity contribution in [3.8, 4) is 6.07 Å². The number of hydrogen-bond acceptors (Lipinski definition) is 4. The lowest BCUT2D eigenvalue weighted by Gasteiger charge is -2.18. The molecule has 0 aliphatic rings. The van der Waals surface area contributed by atoms with Crippen LogP contribution in [-0.2, 0) is 11.2 Å². The standard InChI is InChI=1S/C16H17N3O2/c1-16(2,3)21-15(20)19-11-14(10-18-19)8-12-4-6-13(9-17)7-5-12/h4-7,10-11H,8H2,1-3H3. The van der Waals surface area contributed by atoms with Gasteiger partial charge in [-0.25, -0.2) is 4.79 Å². The van der Waals surface area contributed by atoms with Crippen molar-refractivity contribution in [3.63, 3.8) is 0 Å². The third-order valence-corrected chi connectivity index (χ3v) is 2.71. The van der Waals surface area contributed by atoms with Gasteiger partial charge in [0.1, 0.15) is 5.60 Å². The number of benzene rings is 1. The summed E-state index contributed by atoms with van der Waals surface area (Å²) in [6, 6.07) is 9.41. The second-order valence-corrected chi connectivity index (χ2v) is 5.76. The molecule has 2 aromatic rings. The average Bonchev–Trinajstić information content (AvgIpc) is 2.86. The van der Waals surface area contributed by atoms with E-state index in [2.05, 4.69) is 11.2 Å². The first-order chi connectivity index (χ1) is 9.87. The van der Waals surface area contributed by atoms with Crippen LogP contribution in [0.4, 0.5) is 4.79 Å². The largest absolute Gasteiger partial charge is 0.442 e. The number of aromatic nitrogens is 2. The topological polar surface area (TPSA) is 67.9 Å². The van der Waals surface area contributed by atoms with Gasteiger partial charge in [0.15, 0.2) is 0 Å². The van der Waals surface area contributed by atoms with Gasteiger partial charge in [-0.1, -0.05) is 12.1 Å². The summed E-state index contributed by atoms with van der Waals surface area (Å²) in [6.45, 7) is 5.43. The summed E-state index contributed by atoms with van der Waals surface area (Å²) in [5.74, 6) is 0. The van der Waals surface area contributed by atoms with Crippen LogP contribution in [0.25, 0.3) is 0 Å². The number of ether oxygens (including phenoxy) is 1. The van der Waals surface area contributed by atoms with E-state index in [1.807, 2.05) is 32.9 Å². The molecule has 108 valence electrons. The van der Waals surface area contributed by atoms with Crippen LogP contribution in [0.5, 0.6) is 0 Å². The molecule has 5 nitrogen and oxygen atoms in total. The molecule has 0 aliphatic carbocycles. The first-order valence-electron chi connectivity index (χ1n) is 6.63. The molecule has 0 radical (unpaired) electrons. The van der Waals surface area contributed by atoms with Gasteiger partial charge in [0.2, 0.25) is 0 Å². The lowest BCUT2D eigenvalue weighted by molar-refractivity contribution is 0.0514. The smallest absolute Gasteiger partial charge is 0.435 e. The lowest BCUT2D eigenvalue weighted by Crippen LogP contribution is -2.27. The van der Waals surface area contributed by atoms with Crippen molar-refractivity contribution in [2.45, 2.75) is 32.8 Å². The summed E-state index contributed by atoms with van der Waals surface area (Å²) >= 11 is 0. The van der Waals surface area contributed by atoms with Gasteiger partial charge in [0.05, 0.1) is 17.8 Å². The Balaban J connectivity index is 2.06. The Hall–Kier alpha value is -2.61. The molecule has 1 heterocycles. The minimum atomic E-state index is -0.545. The zero-order chi connectivity index (χ0) is 15.5. The number of carbonyl (C=O) groups is 1. The number of nitriles is 1. The summed E-state index contributed by atoms with van der Waals surface area (Å²) < 4.78 is 6.44. The van der Waals surface area contributed by atoms with E-state index in [0.717, 1.165) is 11.1 Å². The first-order valence-corrected chi connectivity index (χ1v) is 6.63. The molecule has 0 saturated heterocycles. The van der Waals surface area contributed by atoms with Crippen molar-refractivity contribution >= 4 is 6.09 Å². The van der Waals surface area contributed by atoms with Crippen LogP contribution in [-0.4, -0.2) is 21.5 Å². The predicted octanol–water partition coefficient (Wildman–Crippen LogP) is 3.13. The fraction of sp³-hybridized carbons (Fsp3) is 0.312. The minimum Gasteiger partial charge on any atom is -0.442 e. The highest BCUT2D eigenvalue weighted by Crippen LogP contribution is 2.12. The third-order valence-electron chi connectivity index (χ3n) is 2.71. The van der Waals surface area contributed by atoms with Gasteiger partial charge in [0.25, 0.3) is 0 Å². The second-order valence-electron chi connectivity index (χ2n) is 5.76. The van der Waals surface area contributed by atoms with Gasteiger partial charge in [-0.3, -0.25) is 0 Å². The zero-order valence-electron chi connectivity index (χ0n) is 12.3. The Morgan fingerprint density at radius 1 is 1.29 bits per heavy atom. The summed E-state index contributed by atoms with van der Waals surface area (Å²) in [5.41, 5.74) is 2.04. The molecule has 1 aromatic carbocycles. The molecule has 2 rings (SSSR count). The third kappa shape index (κ3) is 4.18. The van der Waals surface area contributed by atoms with Crippen LogP contribution in [0.1, 0.15) is 37.5 Å². The second kappa shape index (κ2) is 5.80. The zero-order valence-corrected chi connectivity index (χ0v) is 12.3. The molecule has 0 N–H and O–H groups in total. The molecule has 0 atom stereocenters. The molecule has 21 heavy (non-hydrogen) atoms. The number of hydrogen-bond donors (Lipinski definition) is 0. The Morgan fingerprint density at radius 3 is 2.52 bits per heavy atom. The van der Waals surface area contributed by atoms with Crippen molar-refractivity contribution in [1.82, 2.24) is 9.78 Å². The van der Waals surface area contributed by atoms with Crippen molar-refractivity contribution in [2.75, 3.05) is 0 Å². The molecule has 1 aromatic heterocycles. The molecular formula is C16H17N3O2. The highest BCUT2D eigenvalue weighted by Gasteiger charge is 2.18. The summed E-state index contributed by atoms with van der Waals surface area (Å²) in [5, 5.41) is 12.8. The average molecular weight is 283 g/mol. The van der Waals surface area contributed by atoms with Crippen LogP contribution >= 0.6 is 0 Å². The maximum absolute atomic E-state index is 11.9. The van der Waals surface area contributed by atoms with Crippen LogP contribution in [0, 0.1) is 11.3 Å². The molecule has 0 saturated carbocycles. The van der Waals surface area contributed by atoms with E-state index in [0.29, 0.717) is 12.0 Å². The van der Waals surface area contributed by atoms with Gasteiger partial charge < -0.3 is 4.74 Å². The fourth-order valence-electron chi connectivity index (χ4n) is 1.79.